The number of nitrogens with zero attached hydrogens (tertiary/aromatic N) is 3. The third kappa shape index (κ3) is 2.15. The summed E-state index contributed by atoms with van der Waals surface area (Å²) in [5.41, 5.74) is 1.71. The Morgan fingerprint density at radius 2 is 2.28 bits per heavy atom. The van der Waals surface area contributed by atoms with Crippen LogP contribution in [0.1, 0.15) is 16.3 Å². The van der Waals surface area contributed by atoms with Crippen molar-refractivity contribution >= 4 is 11.3 Å². The maximum atomic E-state index is 11.4. The minimum atomic E-state index is -0.397. The number of hydrogen-bond donors (Lipinski definition) is 1. The Bertz CT molecular complexity index is 730. The molecule has 1 N–H and O–H groups in total. The minimum absolute atomic E-state index is 0.0606. The fourth-order valence-corrected chi connectivity index (χ4v) is 2.28. The van der Waals surface area contributed by atoms with Crippen LogP contribution in [0, 0.1) is 29.6 Å². The molecule has 5 nitrogen and oxygen atoms in total. The summed E-state index contributed by atoms with van der Waals surface area (Å²) >= 11 is 1.39. The molecular weight excluding hydrogens is 248 g/mol. The van der Waals surface area contributed by atoms with E-state index in [1.54, 1.807) is 6.92 Å². The van der Waals surface area contributed by atoms with E-state index in [-0.39, 0.29) is 12.0 Å². The van der Waals surface area contributed by atoms with E-state index in [1.807, 2.05) is 17.5 Å². The number of H-pyrrole nitrogens is 1. The molecule has 18 heavy (non-hydrogen) atoms. The van der Waals surface area contributed by atoms with Crippen molar-refractivity contribution in [3.05, 3.63) is 38.1 Å². The third-order valence-corrected chi connectivity index (χ3v) is 3.27. The van der Waals surface area contributed by atoms with E-state index >= 15 is 0 Å². The van der Waals surface area contributed by atoms with Gasteiger partial charge in [-0.25, -0.2) is 4.98 Å². The molecular formula is C12H8N4OS. The molecule has 0 saturated heterocycles. The fraction of sp³-hybridized carbons (Fsp3) is 0.167. The van der Waals surface area contributed by atoms with Crippen LogP contribution in [0.4, 0.5) is 0 Å². The van der Waals surface area contributed by atoms with Crippen LogP contribution >= 0.6 is 11.3 Å². The number of aryl methyl sites for hydroxylation is 1. The molecule has 6 heteroatoms. The summed E-state index contributed by atoms with van der Waals surface area (Å²) in [4.78, 5) is 18.3. The smallest absolute Gasteiger partial charge is 0.266 e. The van der Waals surface area contributed by atoms with Gasteiger partial charge in [0.05, 0.1) is 18.2 Å². The van der Waals surface area contributed by atoms with Gasteiger partial charge in [-0.15, -0.1) is 11.3 Å². The number of aromatic nitrogens is 2. The van der Waals surface area contributed by atoms with E-state index in [2.05, 4.69) is 9.97 Å². The molecule has 0 saturated carbocycles. The highest BCUT2D eigenvalue weighted by Gasteiger charge is 2.10. The molecule has 0 unspecified atom stereocenters. The first kappa shape index (κ1) is 12.0. The number of nitrogens with one attached hydrogen (secondary N) is 1. The van der Waals surface area contributed by atoms with Crippen molar-refractivity contribution in [3.63, 3.8) is 0 Å². The van der Waals surface area contributed by atoms with Crippen LogP contribution in [-0.2, 0) is 6.42 Å². The summed E-state index contributed by atoms with van der Waals surface area (Å²) in [6.07, 6.45) is 0.262. The molecule has 2 heterocycles. The number of rotatable bonds is 2. The fourth-order valence-electron chi connectivity index (χ4n) is 1.56. The van der Waals surface area contributed by atoms with Gasteiger partial charge in [-0.3, -0.25) is 4.79 Å². The Morgan fingerprint density at radius 3 is 2.94 bits per heavy atom. The highest BCUT2D eigenvalue weighted by molar-refractivity contribution is 7.10. The first-order valence-electron chi connectivity index (χ1n) is 5.11. The average Bonchev–Trinajstić information content (AvgIpc) is 2.78. The standard InChI is InChI=1S/C12H8N4OS/c1-7-9(4-8(5-14)12(17)15-7)10-6-18-11(16-10)2-3-13/h4,6H,2H2,1H3,(H,15,17). The summed E-state index contributed by atoms with van der Waals surface area (Å²) in [5, 5.41) is 20.0. The normalized spacial score (nSPS) is 9.72. The number of pyridine rings is 1. The van der Waals surface area contributed by atoms with Gasteiger partial charge in [0.1, 0.15) is 16.6 Å². The summed E-state index contributed by atoms with van der Waals surface area (Å²) < 4.78 is 0. The van der Waals surface area contributed by atoms with Gasteiger partial charge < -0.3 is 4.98 Å². The zero-order chi connectivity index (χ0) is 13.1. The Hall–Kier alpha value is -2.44. The van der Waals surface area contributed by atoms with Crippen molar-refractivity contribution in [2.24, 2.45) is 0 Å². The molecule has 2 rings (SSSR count). The van der Waals surface area contributed by atoms with Crippen molar-refractivity contribution < 1.29 is 0 Å². The molecule has 0 aromatic carbocycles. The predicted octanol–water partition coefficient (Wildman–Crippen LogP) is 1.74. The van der Waals surface area contributed by atoms with Crippen LogP contribution in [0.15, 0.2) is 16.2 Å². The van der Waals surface area contributed by atoms with Crippen molar-refractivity contribution in [2.75, 3.05) is 0 Å². The summed E-state index contributed by atoms with van der Waals surface area (Å²) in [6, 6.07) is 5.40. The molecule has 0 bridgehead atoms. The van der Waals surface area contributed by atoms with Crippen LogP contribution < -0.4 is 5.56 Å². The second kappa shape index (κ2) is 4.82. The summed E-state index contributed by atoms with van der Waals surface area (Å²) in [5.74, 6) is 0. The highest BCUT2D eigenvalue weighted by Crippen LogP contribution is 2.24. The van der Waals surface area contributed by atoms with Crippen LogP contribution in [0.25, 0.3) is 11.3 Å². The summed E-state index contributed by atoms with van der Waals surface area (Å²) in [6.45, 7) is 1.75. The Morgan fingerprint density at radius 1 is 1.50 bits per heavy atom. The molecule has 0 radical (unpaired) electrons. The maximum Gasteiger partial charge on any atom is 0.266 e. The van der Waals surface area contributed by atoms with Gasteiger partial charge in [0.2, 0.25) is 0 Å². The van der Waals surface area contributed by atoms with E-state index in [4.69, 9.17) is 10.5 Å². The Labute approximate surface area is 107 Å². The van der Waals surface area contributed by atoms with E-state index < -0.39 is 5.56 Å². The molecule has 88 valence electrons. The lowest BCUT2D eigenvalue weighted by molar-refractivity contribution is 1.12. The van der Waals surface area contributed by atoms with Crippen LogP contribution in [0.5, 0.6) is 0 Å². The lowest BCUT2D eigenvalue weighted by Crippen LogP contribution is -2.12. The first-order chi connectivity index (χ1) is 8.65. The number of nitriles is 2. The van der Waals surface area contributed by atoms with E-state index in [1.165, 1.54) is 17.4 Å². The van der Waals surface area contributed by atoms with Crippen LogP contribution in [0.3, 0.4) is 0 Å². The molecule has 0 aliphatic carbocycles. The number of hydrogen-bond acceptors (Lipinski definition) is 5. The largest absolute Gasteiger partial charge is 0.325 e. The Kier molecular flexibility index (Phi) is 3.22. The molecule has 2 aromatic rings. The maximum absolute atomic E-state index is 11.4. The van der Waals surface area contributed by atoms with Crippen molar-refractivity contribution in [3.8, 4) is 23.4 Å². The molecule has 2 aromatic heterocycles. The molecule has 0 aliphatic rings. The lowest BCUT2D eigenvalue weighted by Gasteiger charge is -2.02. The van der Waals surface area contributed by atoms with Gasteiger partial charge in [0.25, 0.3) is 5.56 Å². The SMILES string of the molecule is Cc1[nH]c(=O)c(C#N)cc1-c1csc(CC#N)n1. The third-order valence-electron chi connectivity index (χ3n) is 2.42. The number of thiazole rings is 1. The van der Waals surface area contributed by atoms with E-state index in [0.29, 0.717) is 17.0 Å². The summed E-state index contributed by atoms with van der Waals surface area (Å²) in [7, 11) is 0. The molecule has 0 atom stereocenters. The first-order valence-corrected chi connectivity index (χ1v) is 5.99. The van der Waals surface area contributed by atoms with Gasteiger partial charge in [-0.1, -0.05) is 0 Å². The number of aromatic amines is 1. The van der Waals surface area contributed by atoms with E-state index in [0.717, 1.165) is 5.01 Å². The molecule has 0 amide bonds. The van der Waals surface area contributed by atoms with Gasteiger partial charge in [-0.05, 0) is 13.0 Å². The zero-order valence-electron chi connectivity index (χ0n) is 9.52. The zero-order valence-corrected chi connectivity index (χ0v) is 10.3. The predicted molar refractivity (Wildman–Crippen MR) is 66.9 cm³/mol. The van der Waals surface area contributed by atoms with Crippen molar-refractivity contribution in [1.82, 2.24) is 9.97 Å². The topological polar surface area (TPSA) is 93.3 Å². The molecule has 0 fully saturated rings. The Balaban J connectivity index is 2.54. The monoisotopic (exact) mass is 256 g/mol. The van der Waals surface area contributed by atoms with Gasteiger partial charge in [-0.2, -0.15) is 10.5 Å². The second-order valence-corrected chi connectivity index (χ2v) is 4.57. The van der Waals surface area contributed by atoms with Crippen molar-refractivity contribution in [1.29, 1.82) is 10.5 Å². The molecule has 0 spiro atoms. The van der Waals surface area contributed by atoms with Crippen LogP contribution in [-0.4, -0.2) is 9.97 Å². The van der Waals surface area contributed by atoms with E-state index in [9.17, 15) is 4.79 Å². The second-order valence-electron chi connectivity index (χ2n) is 3.62. The quantitative estimate of drug-likeness (QED) is 0.885. The average molecular weight is 256 g/mol. The van der Waals surface area contributed by atoms with Crippen molar-refractivity contribution in [2.45, 2.75) is 13.3 Å². The molecule has 0 aliphatic heterocycles. The van der Waals surface area contributed by atoms with Crippen LogP contribution in [0.2, 0.25) is 0 Å². The van der Waals surface area contributed by atoms with Gasteiger partial charge >= 0.3 is 0 Å². The van der Waals surface area contributed by atoms with Gasteiger partial charge in [0, 0.05) is 16.6 Å². The van der Waals surface area contributed by atoms with Gasteiger partial charge in [0.15, 0.2) is 0 Å². The highest BCUT2D eigenvalue weighted by atomic mass is 32.1. The minimum Gasteiger partial charge on any atom is -0.325 e. The lowest BCUT2D eigenvalue weighted by atomic mass is 10.1.